The number of nitrogens with zero attached hydrogens (tertiary/aromatic N) is 1. The summed E-state index contributed by atoms with van der Waals surface area (Å²) in [4.78, 5) is 18.2. The molecular weight excluding hydrogens is 213 g/mol. The van der Waals surface area contributed by atoms with E-state index >= 15 is 0 Å². The Labute approximate surface area is 92.9 Å². The van der Waals surface area contributed by atoms with Crippen LogP contribution in [0.4, 0.5) is 0 Å². The third kappa shape index (κ3) is 6.31. The van der Waals surface area contributed by atoms with Crippen LogP contribution in [0.5, 0.6) is 0 Å². The summed E-state index contributed by atoms with van der Waals surface area (Å²) in [5, 5.41) is 0. The average Bonchev–Trinajstić information content (AvgIpc) is 2.16. The Morgan fingerprint density at radius 3 is 1.80 bits per heavy atom. The molecule has 0 spiro atoms. The van der Waals surface area contributed by atoms with Crippen molar-refractivity contribution in [2.45, 2.75) is 58.4 Å². The van der Waals surface area contributed by atoms with Gasteiger partial charge in [0.1, 0.15) is 0 Å². The van der Waals surface area contributed by atoms with Crippen LogP contribution >= 0.6 is 7.75 Å². The highest BCUT2D eigenvalue weighted by Crippen LogP contribution is 2.41. The second-order valence-corrected chi connectivity index (χ2v) is 5.68. The van der Waals surface area contributed by atoms with Crippen molar-refractivity contribution >= 4 is 7.75 Å². The summed E-state index contributed by atoms with van der Waals surface area (Å²) in [5.74, 6) is 0. The Kier molecular flexibility index (Phi) is 7.45. The second-order valence-electron chi connectivity index (χ2n) is 4.03. The zero-order valence-corrected chi connectivity index (χ0v) is 10.9. The van der Waals surface area contributed by atoms with Crippen molar-refractivity contribution in [2.24, 2.45) is 0 Å². The molecule has 0 rings (SSSR count). The molecule has 0 bridgehead atoms. The van der Waals surface area contributed by atoms with Gasteiger partial charge < -0.3 is 9.79 Å². The fourth-order valence-corrected chi connectivity index (χ4v) is 2.27. The average molecular weight is 237 g/mol. The van der Waals surface area contributed by atoms with Crippen molar-refractivity contribution in [3.63, 3.8) is 0 Å². The predicted molar refractivity (Wildman–Crippen MR) is 62.6 cm³/mol. The van der Waals surface area contributed by atoms with Gasteiger partial charge in [-0.1, -0.05) is 39.5 Å². The summed E-state index contributed by atoms with van der Waals surface area (Å²) < 4.78 is 12.4. The van der Waals surface area contributed by atoms with Gasteiger partial charge in [0, 0.05) is 6.04 Å². The first-order valence-electron chi connectivity index (χ1n) is 5.72. The topological polar surface area (TPSA) is 60.8 Å². The molecule has 0 aliphatic rings. The summed E-state index contributed by atoms with van der Waals surface area (Å²) in [6.07, 6.45) is 5.93. The Hall–Kier alpha value is 0.110. The van der Waals surface area contributed by atoms with Gasteiger partial charge in [-0.25, -0.2) is 9.24 Å². The van der Waals surface area contributed by atoms with Gasteiger partial charge in [0.15, 0.2) is 0 Å². The van der Waals surface area contributed by atoms with E-state index in [1.165, 1.54) is 11.7 Å². The molecule has 0 saturated carbocycles. The normalized spacial score (nSPS) is 12.7. The van der Waals surface area contributed by atoms with Crippen LogP contribution in [-0.2, 0) is 4.57 Å². The van der Waals surface area contributed by atoms with E-state index in [1.807, 2.05) is 0 Å². The van der Waals surface area contributed by atoms with Gasteiger partial charge in [0.05, 0.1) is 0 Å². The number of hydrogen-bond acceptors (Lipinski definition) is 1. The van der Waals surface area contributed by atoms with Gasteiger partial charge in [-0.2, -0.15) is 0 Å². The fraction of sp³-hybridized carbons (Fsp3) is 1.00. The van der Waals surface area contributed by atoms with Gasteiger partial charge in [0.25, 0.3) is 0 Å². The number of unbranched alkanes of at least 4 members (excludes halogenated alkanes) is 2. The number of rotatable bonds is 8. The standard InChI is InChI=1S/C10H24NO3P/c1-4-6-8-10(9-7-5-2)11(3)15(12,13)14/h10H,4-9H2,1-3H3,(H2,12,13,14). The zero-order chi connectivity index (χ0) is 11.9. The van der Waals surface area contributed by atoms with Gasteiger partial charge in [-0.05, 0) is 19.9 Å². The minimum absolute atomic E-state index is 0.0192. The predicted octanol–water partition coefficient (Wildman–Crippen LogP) is 2.76. The van der Waals surface area contributed by atoms with Crippen molar-refractivity contribution in [2.75, 3.05) is 7.05 Å². The molecule has 15 heavy (non-hydrogen) atoms. The molecule has 0 aromatic rings. The third-order valence-electron chi connectivity index (χ3n) is 2.72. The highest BCUT2D eigenvalue weighted by molar-refractivity contribution is 7.49. The summed E-state index contributed by atoms with van der Waals surface area (Å²) >= 11 is 0. The first kappa shape index (κ1) is 15.1. The molecule has 0 amide bonds. The molecule has 0 aliphatic carbocycles. The molecule has 0 unspecified atom stereocenters. The van der Waals surface area contributed by atoms with Crippen LogP contribution in [-0.4, -0.2) is 27.5 Å². The minimum atomic E-state index is -4.06. The van der Waals surface area contributed by atoms with Crippen LogP contribution in [0.1, 0.15) is 52.4 Å². The van der Waals surface area contributed by atoms with Crippen molar-refractivity contribution in [1.82, 2.24) is 4.67 Å². The summed E-state index contributed by atoms with van der Waals surface area (Å²) in [5.41, 5.74) is 0. The highest BCUT2D eigenvalue weighted by Gasteiger charge is 2.27. The summed E-state index contributed by atoms with van der Waals surface area (Å²) in [7, 11) is -2.54. The van der Waals surface area contributed by atoms with Gasteiger partial charge in [-0.15, -0.1) is 0 Å². The first-order valence-corrected chi connectivity index (χ1v) is 7.28. The smallest absolute Gasteiger partial charge is 0.312 e. The van der Waals surface area contributed by atoms with Gasteiger partial charge in [0.2, 0.25) is 0 Å². The molecule has 0 aromatic heterocycles. The molecular formula is C10H24NO3P. The maximum Gasteiger partial charge on any atom is 0.402 e. The molecule has 5 heteroatoms. The molecule has 2 N–H and O–H groups in total. The molecule has 0 heterocycles. The minimum Gasteiger partial charge on any atom is -0.312 e. The lowest BCUT2D eigenvalue weighted by molar-refractivity contribution is 0.233. The van der Waals surface area contributed by atoms with E-state index < -0.39 is 7.75 Å². The van der Waals surface area contributed by atoms with Crippen LogP contribution in [0.2, 0.25) is 0 Å². The molecule has 0 radical (unpaired) electrons. The van der Waals surface area contributed by atoms with E-state index in [4.69, 9.17) is 9.79 Å². The van der Waals surface area contributed by atoms with Crippen molar-refractivity contribution in [3.05, 3.63) is 0 Å². The van der Waals surface area contributed by atoms with Gasteiger partial charge >= 0.3 is 7.75 Å². The lowest BCUT2D eigenvalue weighted by atomic mass is 10.0. The van der Waals surface area contributed by atoms with Crippen molar-refractivity contribution < 1.29 is 14.4 Å². The largest absolute Gasteiger partial charge is 0.402 e. The second kappa shape index (κ2) is 7.39. The van der Waals surface area contributed by atoms with Crippen molar-refractivity contribution in [3.8, 4) is 0 Å². The third-order valence-corrected chi connectivity index (χ3v) is 3.87. The number of hydrogen-bond donors (Lipinski definition) is 2. The van der Waals surface area contributed by atoms with Crippen LogP contribution in [0, 0.1) is 0 Å². The zero-order valence-electron chi connectivity index (χ0n) is 10.0. The van der Waals surface area contributed by atoms with E-state index in [1.54, 1.807) is 0 Å². The summed E-state index contributed by atoms with van der Waals surface area (Å²) in [6, 6.07) is 0.0192. The van der Waals surface area contributed by atoms with E-state index in [0.29, 0.717) is 0 Å². The Morgan fingerprint density at radius 1 is 1.13 bits per heavy atom. The fourth-order valence-electron chi connectivity index (χ4n) is 1.61. The molecule has 0 saturated heterocycles. The molecule has 0 atom stereocenters. The van der Waals surface area contributed by atoms with Crippen LogP contribution in [0.15, 0.2) is 0 Å². The van der Waals surface area contributed by atoms with Crippen molar-refractivity contribution in [1.29, 1.82) is 0 Å². The van der Waals surface area contributed by atoms with E-state index in [-0.39, 0.29) is 6.04 Å². The summed E-state index contributed by atoms with van der Waals surface area (Å²) in [6.45, 7) is 4.18. The Bertz CT molecular complexity index is 197. The van der Waals surface area contributed by atoms with E-state index in [2.05, 4.69) is 13.8 Å². The lowest BCUT2D eigenvalue weighted by Crippen LogP contribution is -2.28. The SMILES string of the molecule is CCCCC(CCCC)N(C)P(=O)(O)O. The Morgan fingerprint density at radius 2 is 1.53 bits per heavy atom. The van der Waals surface area contributed by atoms with Crippen LogP contribution in [0.3, 0.4) is 0 Å². The highest BCUT2D eigenvalue weighted by atomic mass is 31.2. The molecule has 0 aromatic carbocycles. The van der Waals surface area contributed by atoms with Crippen LogP contribution in [0.25, 0.3) is 0 Å². The van der Waals surface area contributed by atoms with Gasteiger partial charge in [-0.3, -0.25) is 0 Å². The molecule has 0 fully saturated rings. The molecule has 4 nitrogen and oxygen atoms in total. The van der Waals surface area contributed by atoms with E-state index in [0.717, 1.165) is 38.5 Å². The van der Waals surface area contributed by atoms with E-state index in [9.17, 15) is 4.57 Å². The maximum absolute atomic E-state index is 11.1. The lowest BCUT2D eigenvalue weighted by Gasteiger charge is -2.28. The first-order chi connectivity index (χ1) is 6.93. The van der Waals surface area contributed by atoms with Crippen LogP contribution < -0.4 is 0 Å². The quantitative estimate of drug-likeness (QED) is 0.637. The monoisotopic (exact) mass is 237 g/mol. The maximum atomic E-state index is 11.1. The molecule has 92 valence electrons. The Balaban J connectivity index is 4.26. The molecule has 0 aliphatic heterocycles.